The summed E-state index contributed by atoms with van der Waals surface area (Å²) < 4.78 is 5.15. The van der Waals surface area contributed by atoms with Crippen molar-refractivity contribution in [3.05, 3.63) is 30.2 Å². The molecule has 0 fully saturated rings. The van der Waals surface area contributed by atoms with Gasteiger partial charge in [-0.1, -0.05) is 0 Å². The molecule has 0 aliphatic rings. The summed E-state index contributed by atoms with van der Waals surface area (Å²) in [5.41, 5.74) is 6.66. The average Bonchev–Trinajstić information content (AvgIpc) is 2.71. The third-order valence-electron chi connectivity index (χ3n) is 1.81. The van der Waals surface area contributed by atoms with E-state index in [1.807, 2.05) is 6.07 Å². The average molecular weight is 173 g/mol. The van der Waals surface area contributed by atoms with Crippen LogP contribution in [0.1, 0.15) is 5.56 Å². The molecule has 4 heteroatoms. The molecule has 0 amide bonds. The summed E-state index contributed by atoms with van der Waals surface area (Å²) in [6.45, 7) is 0. The Morgan fingerprint density at radius 2 is 2.38 bits per heavy atom. The van der Waals surface area contributed by atoms with Crippen molar-refractivity contribution in [1.82, 2.24) is 4.98 Å². The van der Waals surface area contributed by atoms with Crippen molar-refractivity contribution < 1.29 is 4.42 Å². The molecule has 0 saturated carbocycles. The highest BCUT2D eigenvalue weighted by Gasteiger charge is 2.11. The second-order valence-electron chi connectivity index (χ2n) is 2.58. The molecular formula is C9H7N3O. The molecule has 0 aliphatic heterocycles. The first-order chi connectivity index (χ1) is 6.33. The summed E-state index contributed by atoms with van der Waals surface area (Å²) in [5, 5.41) is 8.80. The molecule has 13 heavy (non-hydrogen) atoms. The Labute approximate surface area is 74.6 Å². The van der Waals surface area contributed by atoms with Gasteiger partial charge in [-0.15, -0.1) is 0 Å². The van der Waals surface area contributed by atoms with Crippen LogP contribution >= 0.6 is 0 Å². The van der Waals surface area contributed by atoms with Crippen molar-refractivity contribution in [3.8, 4) is 17.4 Å². The maximum atomic E-state index is 8.80. The highest BCUT2D eigenvalue weighted by molar-refractivity contribution is 5.72. The molecule has 2 heterocycles. The van der Waals surface area contributed by atoms with Crippen LogP contribution in [0.2, 0.25) is 0 Å². The number of hydrogen-bond acceptors (Lipinski definition) is 3. The summed E-state index contributed by atoms with van der Waals surface area (Å²) in [4.78, 5) is 2.77. The van der Waals surface area contributed by atoms with Gasteiger partial charge in [0, 0.05) is 6.20 Å². The van der Waals surface area contributed by atoms with Gasteiger partial charge in [-0.25, -0.2) is 0 Å². The van der Waals surface area contributed by atoms with Gasteiger partial charge in [0.05, 0.1) is 11.8 Å². The predicted molar refractivity (Wildman–Crippen MR) is 47.6 cm³/mol. The van der Waals surface area contributed by atoms with Gasteiger partial charge in [-0.05, 0) is 12.1 Å². The van der Waals surface area contributed by atoms with Gasteiger partial charge >= 0.3 is 0 Å². The molecule has 0 aromatic carbocycles. The quantitative estimate of drug-likeness (QED) is 0.689. The van der Waals surface area contributed by atoms with Crippen LogP contribution < -0.4 is 5.73 Å². The minimum Gasteiger partial charge on any atom is -0.464 e. The maximum absolute atomic E-state index is 8.80. The zero-order valence-corrected chi connectivity index (χ0v) is 6.74. The van der Waals surface area contributed by atoms with Crippen LogP contribution in [0.5, 0.6) is 0 Å². The molecule has 0 bridgehead atoms. The number of aromatic amines is 1. The summed E-state index contributed by atoms with van der Waals surface area (Å²) >= 11 is 0. The molecule has 0 saturated heterocycles. The lowest BCUT2D eigenvalue weighted by Gasteiger charge is -1.91. The van der Waals surface area contributed by atoms with Crippen molar-refractivity contribution in [2.75, 3.05) is 5.73 Å². The van der Waals surface area contributed by atoms with Crippen LogP contribution in [-0.4, -0.2) is 4.98 Å². The summed E-state index contributed by atoms with van der Waals surface area (Å²) in [7, 11) is 0. The maximum Gasteiger partial charge on any atom is 0.136 e. The van der Waals surface area contributed by atoms with Crippen molar-refractivity contribution in [3.63, 3.8) is 0 Å². The van der Waals surface area contributed by atoms with E-state index in [2.05, 4.69) is 4.98 Å². The monoisotopic (exact) mass is 173 g/mol. The number of nitrogens with two attached hydrogens (primary N) is 1. The number of H-pyrrole nitrogens is 1. The fourth-order valence-electron chi connectivity index (χ4n) is 1.19. The van der Waals surface area contributed by atoms with Crippen LogP contribution in [0.25, 0.3) is 11.3 Å². The van der Waals surface area contributed by atoms with E-state index in [0.717, 1.165) is 0 Å². The Bertz CT molecular complexity index is 448. The summed E-state index contributed by atoms with van der Waals surface area (Å²) in [6, 6.07) is 5.56. The first-order valence-corrected chi connectivity index (χ1v) is 3.73. The number of aromatic nitrogens is 1. The fourth-order valence-corrected chi connectivity index (χ4v) is 1.19. The molecule has 64 valence electrons. The highest BCUT2D eigenvalue weighted by Crippen LogP contribution is 2.26. The molecule has 3 N–H and O–H groups in total. The van der Waals surface area contributed by atoms with Crippen LogP contribution in [0.3, 0.4) is 0 Å². The molecule has 2 aromatic heterocycles. The first-order valence-electron chi connectivity index (χ1n) is 3.73. The largest absolute Gasteiger partial charge is 0.464 e. The van der Waals surface area contributed by atoms with E-state index in [1.165, 1.54) is 0 Å². The molecule has 0 aliphatic carbocycles. The van der Waals surface area contributed by atoms with Crippen LogP contribution in [0, 0.1) is 11.3 Å². The molecule has 0 spiro atoms. The van der Waals surface area contributed by atoms with E-state index in [9.17, 15) is 0 Å². The van der Waals surface area contributed by atoms with Gasteiger partial charge in [0.25, 0.3) is 0 Å². The number of rotatable bonds is 1. The fraction of sp³-hybridized carbons (Fsp3) is 0. The Kier molecular flexibility index (Phi) is 1.57. The van der Waals surface area contributed by atoms with Crippen molar-refractivity contribution >= 4 is 5.82 Å². The van der Waals surface area contributed by atoms with Gasteiger partial charge in [0.1, 0.15) is 23.2 Å². The Hall–Kier alpha value is -2.15. The second kappa shape index (κ2) is 2.72. The molecule has 0 unspecified atom stereocenters. The number of nitrogens with one attached hydrogen (secondary N) is 1. The van der Waals surface area contributed by atoms with Gasteiger partial charge < -0.3 is 15.1 Å². The van der Waals surface area contributed by atoms with Crippen LogP contribution in [0.4, 0.5) is 5.82 Å². The van der Waals surface area contributed by atoms with Gasteiger partial charge in [0.15, 0.2) is 0 Å². The summed E-state index contributed by atoms with van der Waals surface area (Å²) in [5.74, 6) is 1.01. The minimum absolute atomic E-state index is 0.369. The van der Waals surface area contributed by atoms with Gasteiger partial charge in [-0.3, -0.25) is 0 Å². The minimum atomic E-state index is 0.369. The first kappa shape index (κ1) is 7.50. The van der Waals surface area contributed by atoms with Crippen LogP contribution in [0.15, 0.2) is 29.0 Å². The lowest BCUT2D eigenvalue weighted by atomic mass is 10.1. The van der Waals surface area contributed by atoms with Gasteiger partial charge in [-0.2, -0.15) is 5.26 Å². The zero-order valence-electron chi connectivity index (χ0n) is 6.74. The van der Waals surface area contributed by atoms with E-state index in [-0.39, 0.29) is 0 Å². The molecule has 2 aromatic rings. The standard InChI is InChI=1S/C9H7N3O/c10-4-6-7(5-12-9(6)11)8-2-1-3-13-8/h1-3,5,12H,11H2. The van der Waals surface area contributed by atoms with Crippen molar-refractivity contribution in [2.45, 2.75) is 0 Å². The number of furan rings is 1. The second-order valence-corrected chi connectivity index (χ2v) is 2.58. The van der Waals surface area contributed by atoms with E-state index < -0.39 is 0 Å². The van der Waals surface area contributed by atoms with E-state index in [1.54, 1.807) is 24.6 Å². The normalized spacial score (nSPS) is 9.77. The van der Waals surface area contributed by atoms with Crippen molar-refractivity contribution in [1.29, 1.82) is 5.26 Å². The number of nitriles is 1. The molecule has 2 rings (SSSR count). The molecule has 0 radical (unpaired) electrons. The lowest BCUT2D eigenvalue weighted by Crippen LogP contribution is -1.87. The highest BCUT2D eigenvalue weighted by atomic mass is 16.3. The number of nitrogens with zero attached hydrogens (tertiary/aromatic N) is 1. The number of anilines is 1. The summed E-state index contributed by atoms with van der Waals surface area (Å²) in [6.07, 6.45) is 3.21. The smallest absolute Gasteiger partial charge is 0.136 e. The number of nitrogen functional groups attached to an aromatic ring is 1. The molecular weight excluding hydrogens is 166 g/mol. The van der Waals surface area contributed by atoms with E-state index in [4.69, 9.17) is 15.4 Å². The lowest BCUT2D eigenvalue weighted by molar-refractivity contribution is 0.582. The third-order valence-corrected chi connectivity index (χ3v) is 1.81. The Morgan fingerprint density at radius 1 is 1.54 bits per heavy atom. The molecule has 0 atom stereocenters. The molecule has 4 nitrogen and oxygen atoms in total. The third kappa shape index (κ3) is 1.07. The predicted octanol–water partition coefficient (Wildman–Crippen LogP) is 1.73. The topological polar surface area (TPSA) is 78.7 Å². The Balaban J connectivity index is 2.60. The van der Waals surface area contributed by atoms with E-state index >= 15 is 0 Å². The SMILES string of the molecule is N#Cc1c(-c2ccco2)c[nH]c1N. The van der Waals surface area contributed by atoms with Crippen molar-refractivity contribution in [2.24, 2.45) is 0 Å². The Morgan fingerprint density at radius 3 is 3.00 bits per heavy atom. The van der Waals surface area contributed by atoms with Crippen LogP contribution in [-0.2, 0) is 0 Å². The number of hydrogen-bond donors (Lipinski definition) is 2. The van der Waals surface area contributed by atoms with Gasteiger partial charge in [0.2, 0.25) is 0 Å². The van der Waals surface area contributed by atoms with E-state index in [0.29, 0.717) is 22.7 Å². The zero-order chi connectivity index (χ0) is 9.26.